The van der Waals surface area contributed by atoms with Gasteiger partial charge < -0.3 is 15.8 Å². The van der Waals surface area contributed by atoms with Gasteiger partial charge in [0.2, 0.25) is 0 Å². The SMILES string of the molecule is CC(C)CCNC(=O)COC(=O)c1cc(F)c(F)cc1N. The lowest BCUT2D eigenvalue weighted by molar-refractivity contribution is -0.124. The topological polar surface area (TPSA) is 81.4 Å². The standard InChI is InChI=1S/C14H18F2N2O3/c1-8(2)3-4-18-13(19)7-21-14(20)9-5-10(15)11(16)6-12(9)17/h5-6,8H,3-4,7,17H2,1-2H3,(H,18,19). The lowest BCUT2D eigenvalue weighted by Gasteiger charge is -2.09. The molecule has 1 rings (SSSR count). The van der Waals surface area contributed by atoms with E-state index >= 15 is 0 Å². The molecule has 0 fully saturated rings. The molecule has 116 valence electrons. The number of rotatable bonds is 6. The average Bonchev–Trinajstić information content (AvgIpc) is 2.39. The number of nitrogens with one attached hydrogen (secondary N) is 1. The van der Waals surface area contributed by atoms with Gasteiger partial charge in [-0.25, -0.2) is 13.6 Å². The van der Waals surface area contributed by atoms with Crippen molar-refractivity contribution in [3.8, 4) is 0 Å². The maximum atomic E-state index is 13.0. The number of anilines is 1. The quantitative estimate of drug-likeness (QED) is 0.620. The molecule has 1 amide bonds. The van der Waals surface area contributed by atoms with Crippen LogP contribution in [0.1, 0.15) is 30.6 Å². The van der Waals surface area contributed by atoms with Crippen molar-refractivity contribution in [3.63, 3.8) is 0 Å². The van der Waals surface area contributed by atoms with Crippen LogP contribution in [0.25, 0.3) is 0 Å². The van der Waals surface area contributed by atoms with Gasteiger partial charge in [0.25, 0.3) is 5.91 Å². The highest BCUT2D eigenvalue weighted by atomic mass is 19.2. The Bertz CT molecular complexity index is 533. The molecule has 0 heterocycles. The van der Waals surface area contributed by atoms with Crippen LogP contribution in [-0.4, -0.2) is 25.0 Å². The maximum absolute atomic E-state index is 13.0. The fraction of sp³-hybridized carbons (Fsp3) is 0.429. The highest BCUT2D eigenvalue weighted by Gasteiger charge is 2.16. The first-order valence-corrected chi connectivity index (χ1v) is 6.49. The van der Waals surface area contributed by atoms with Gasteiger partial charge in [0.05, 0.1) is 5.56 Å². The van der Waals surface area contributed by atoms with Crippen molar-refractivity contribution in [2.45, 2.75) is 20.3 Å². The molecule has 5 nitrogen and oxygen atoms in total. The van der Waals surface area contributed by atoms with Crippen LogP contribution in [0.15, 0.2) is 12.1 Å². The molecule has 0 aliphatic rings. The van der Waals surface area contributed by atoms with E-state index in [1.165, 1.54) is 0 Å². The van der Waals surface area contributed by atoms with Crippen LogP contribution in [0.5, 0.6) is 0 Å². The second-order valence-electron chi connectivity index (χ2n) is 4.96. The van der Waals surface area contributed by atoms with Crippen molar-refractivity contribution in [3.05, 3.63) is 29.3 Å². The zero-order valence-corrected chi connectivity index (χ0v) is 11.9. The molecule has 0 radical (unpaired) electrons. The van der Waals surface area contributed by atoms with Gasteiger partial charge in [0.15, 0.2) is 18.2 Å². The molecule has 21 heavy (non-hydrogen) atoms. The van der Waals surface area contributed by atoms with Gasteiger partial charge in [0.1, 0.15) is 0 Å². The van der Waals surface area contributed by atoms with Gasteiger partial charge in [-0.3, -0.25) is 4.79 Å². The van der Waals surface area contributed by atoms with Gasteiger partial charge in [-0.05, 0) is 18.4 Å². The number of carbonyl (C=O) groups excluding carboxylic acids is 2. The van der Waals surface area contributed by atoms with Crippen molar-refractivity contribution in [1.82, 2.24) is 5.32 Å². The number of benzene rings is 1. The Kier molecular flexibility index (Phi) is 6.08. The summed E-state index contributed by atoms with van der Waals surface area (Å²) in [4.78, 5) is 23.1. The molecule has 0 aromatic heterocycles. The minimum atomic E-state index is -1.21. The summed E-state index contributed by atoms with van der Waals surface area (Å²) in [6.45, 7) is 3.99. The van der Waals surface area contributed by atoms with Crippen molar-refractivity contribution < 1.29 is 23.1 Å². The number of nitrogen functional groups attached to an aromatic ring is 1. The summed E-state index contributed by atoms with van der Waals surface area (Å²) in [5.74, 6) is -3.38. The van der Waals surface area contributed by atoms with Gasteiger partial charge >= 0.3 is 5.97 Å². The Hall–Kier alpha value is -2.18. The van der Waals surface area contributed by atoms with Gasteiger partial charge in [-0.15, -0.1) is 0 Å². The van der Waals surface area contributed by atoms with Crippen molar-refractivity contribution >= 4 is 17.6 Å². The summed E-state index contributed by atoms with van der Waals surface area (Å²) < 4.78 is 30.6. The molecular weight excluding hydrogens is 282 g/mol. The molecule has 0 unspecified atom stereocenters. The van der Waals surface area contributed by atoms with Crippen LogP contribution in [0.4, 0.5) is 14.5 Å². The van der Waals surface area contributed by atoms with E-state index in [2.05, 4.69) is 5.32 Å². The van der Waals surface area contributed by atoms with Crippen molar-refractivity contribution in [2.75, 3.05) is 18.9 Å². The molecule has 0 bridgehead atoms. The number of amides is 1. The van der Waals surface area contributed by atoms with E-state index in [-0.39, 0.29) is 11.3 Å². The maximum Gasteiger partial charge on any atom is 0.340 e. The number of nitrogens with two attached hydrogens (primary N) is 1. The van der Waals surface area contributed by atoms with Gasteiger partial charge in [0, 0.05) is 18.3 Å². The third kappa shape index (κ3) is 5.37. The normalized spacial score (nSPS) is 10.5. The van der Waals surface area contributed by atoms with E-state index in [1.807, 2.05) is 13.8 Å². The molecular formula is C14H18F2N2O3. The second-order valence-corrected chi connectivity index (χ2v) is 4.96. The highest BCUT2D eigenvalue weighted by Crippen LogP contribution is 2.17. The first-order valence-electron chi connectivity index (χ1n) is 6.49. The van der Waals surface area contributed by atoms with E-state index in [4.69, 9.17) is 10.5 Å². The zero-order valence-electron chi connectivity index (χ0n) is 11.9. The molecule has 1 aromatic rings. The summed E-state index contributed by atoms with van der Waals surface area (Å²) in [5, 5.41) is 2.57. The van der Waals surface area contributed by atoms with E-state index in [0.717, 1.165) is 6.42 Å². The van der Waals surface area contributed by atoms with Crippen LogP contribution in [-0.2, 0) is 9.53 Å². The minimum Gasteiger partial charge on any atom is -0.452 e. The Labute approximate surface area is 121 Å². The van der Waals surface area contributed by atoms with Crippen LogP contribution >= 0.6 is 0 Å². The van der Waals surface area contributed by atoms with E-state index in [0.29, 0.717) is 24.6 Å². The van der Waals surface area contributed by atoms with Crippen molar-refractivity contribution in [1.29, 1.82) is 0 Å². The summed E-state index contributed by atoms with van der Waals surface area (Å²) in [6.07, 6.45) is 0.801. The first kappa shape index (κ1) is 16.9. The summed E-state index contributed by atoms with van der Waals surface area (Å²) >= 11 is 0. The lowest BCUT2D eigenvalue weighted by atomic mass is 10.1. The summed E-state index contributed by atoms with van der Waals surface area (Å²) in [7, 11) is 0. The monoisotopic (exact) mass is 300 g/mol. The molecule has 1 aromatic carbocycles. The Balaban J connectivity index is 2.51. The Morgan fingerprint density at radius 1 is 1.29 bits per heavy atom. The fourth-order valence-electron chi connectivity index (χ4n) is 1.50. The molecule has 0 aliphatic carbocycles. The largest absolute Gasteiger partial charge is 0.452 e. The minimum absolute atomic E-state index is 0.251. The summed E-state index contributed by atoms with van der Waals surface area (Å²) in [6, 6.07) is 1.33. The van der Waals surface area contributed by atoms with Crippen LogP contribution < -0.4 is 11.1 Å². The van der Waals surface area contributed by atoms with Crippen molar-refractivity contribution in [2.24, 2.45) is 5.92 Å². The van der Waals surface area contributed by atoms with E-state index in [9.17, 15) is 18.4 Å². The predicted octanol–water partition coefficient (Wildman–Crippen LogP) is 1.87. The molecule has 7 heteroatoms. The Morgan fingerprint density at radius 2 is 1.90 bits per heavy atom. The first-order chi connectivity index (χ1) is 9.81. The van der Waals surface area contributed by atoms with Gasteiger partial charge in [-0.2, -0.15) is 0 Å². The molecule has 0 atom stereocenters. The van der Waals surface area contributed by atoms with E-state index < -0.39 is 30.1 Å². The van der Waals surface area contributed by atoms with E-state index in [1.54, 1.807) is 0 Å². The molecule has 3 N–H and O–H groups in total. The molecule has 0 aliphatic heterocycles. The van der Waals surface area contributed by atoms with Crippen LogP contribution in [0.3, 0.4) is 0 Å². The number of ether oxygens (including phenoxy) is 1. The average molecular weight is 300 g/mol. The number of hydrogen-bond acceptors (Lipinski definition) is 4. The van der Waals surface area contributed by atoms with Gasteiger partial charge in [-0.1, -0.05) is 13.8 Å². The Morgan fingerprint density at radius 3 is 2.52 bits per heavy atom. The number of hydrogen-bond donors (Lipinski definition) is 2. The predicted molar refractivity (Wildman–Crippen MR) is 73.5 cm³/mol. The number of carbonyl (C=O) groups is 2. The van der Waals surface area contributed by atoms with Crippen LogP contribution in [0, 0.1) is 17.6 Å². The fourth-order valence-corrected chi connectivity index (χ4v) is 1.50. The number of halogens is 2. The van der Waals surface area contributed by atoms with Crippen LogP contribution in [0.2, 0.25) is 0 Å². The third-order valence-electron chi connectivity index (χ3n) is 2.69. The third-order valence-corrected chi connectivity index (χ3v) is 2.69. The zero-order chi connectivity index (χ0) is 16.0. The highest BCUT2D eigenvalue weighted by molar-refractivity contribution is 5.96. The molecule has 0 saturated carbocycles. The second kappa shape index (κ2) is 7.56. The smallest absolute Gasteiger partial charge is 0.340 e. The molecule has 0 spiro atoms. The number of esters is 1. The lowest BCUT2D eigenvalue weighted by Crippen LogP contribution is -2.30. The molecule has 0 saturated heterocycles. The summed E-state index contributed by atoms with van der Waals surface area (Å²) in [5.41, 5.74) is 4.84.